The molecule has 76 valence electrons. The number of ether oxygens (including phenoxy) is 1. The van der Waals surface area contributed by atoms with Gasteiger partial charge in [0.05, 0.1) is 0 Å². The zero-order chi connectivity index (χ0) is 10.5. The van der Waals surface area contributed by atoms with Crippen LogP contribution in [-0.4, -0.2) is 19.1 Å². The Hall–Kier alpha value is -1.24. The van der Waals surface area contributed by atoms with Gasteiger partial charge in [0.25, 0.3) is 6.26 Å². The Labute approximate surface area is 79.9 Å². The standard InChI is InChI=1S/C7H12N2O2.C2H6/c1-7(10)9-4-2-3-5-11-6-8;1-2/h2-5H2,1H3,(H,9,10);1-2H3. The Kier molecular flexibility index (Phi) is 14.7. The van der Waals surface area contributed by atoms with E-state index in [1.165, 1.54) is 6.92 Å². The maximum atomic E-state index is 10.3. The van der Waals surface area contributed by atoms with Crippen LogP contribution < -0.4 is 5.32 Å². The molecule has 0 bridgehead atoms. The van der Waals surface area contributed by atoms with Gasteiger partial charge in [-0.25, -0.2) is 0 Å². The average Bonchev–Trinajstić information content (AvgIpc) is 2.14. The van der Waals surface area contributed by atoms with Gasteiger partial charge in [0.2, 0.25) is 5.91 Å². The van der Waals surface area contributed by atoms with E-state index in [0.717, 1.165) is 12.8 Å². The minimum absolute atomic E-state index is 0.0220. The van der Waals surface area contributed by atoms with Gasteiger partial charge in [-0.15, -0.1) is 0 Å². The first-order chi connectivity index (χ1) is 6.27. The second-order valence-electron chi connectivity index (χ2n) is 2.13. The van der Waals surface area contributed by atoms with E-state index >= 15 is 0 Å². The molecule has 0 aromatic heterocycles. The van der Waals surface area contributed by atoms with Gasteiger partial charge in [0.15, 0.2) is 0 Å². The number of hydrogen-bond acceptors (Lipinski definition) is 3. The van der Waals surface area contributed by atoms with Gasteiger partial charge in [-0.1, -0.05) is 13.8 Å². The molecule has 0 rings (SSSR count). The van der Waals surface area contributed by atoms with Crippen molar-refractivity contribution >= 4 is 5.91 Å². The Balaban J connectivity index is 0. The van der Waals surface area contributed by atoms with Crippen molar-refractivity contribution in [3.63, 3.8) is 0 Å². The van der Waals surface area contributed by atoms with Gasteiger partial charge < -0.3 is 10.1 Å². The van der Waals surface area contributed by atoms with Crippen molar-refractivity contribution in [2.75, 3.05) is 13.2 Å². The summed E-state index contributed by atoms with van der Waals surface area (Å²) < 4.78 is 4.43. The average molecular weight is 186 g/mol. The van der Waals surface area contributed by atoms with Gasteiger partial charge in [-0.05, 0) is 12.8 Å². The summed E-state index contributed by atoms with van der Waals surface area (Å²) in [5.74, 6) is -0.0220. The zero-order valence-electron chi connectivity index (χ0n) is 8.59. The molecule has 0 aliphatic heterocycles. The topological polar surface area (TPSA) is 62.1 Å². The first-order valence-electron chi connectivity index (χ1n) is 4.52. The molecule has 0 radical (unpaired) electrons. The van der Waals surface area contributed by atoms with Crippen molar-refractivity contribution in [2.45, 2.75) is 33.6 Å². The fourth-order valence-corrected chi connectivity index (χ4v) is 0.609. The number of rotatable bonds is 5. The molecular weight excluding hydrogens is 168 g/mol. The van der Waals surface area contributed by atoms with E-state index in [2.05, 4.69) is 10.1 Å². The molecule has 0 saturated heterocycles. The van der Waals surface area contributed by atoms with E-state index in [1.807, 2.05) is 13.8 Å². The van der Waals surface area contributed by atoms with Crippen LogP contribution >= 0.6 is 0 Å². The highest BCUT2D eigenvalue weighted by atomic mass is 16.5. The summed E-state index contributed by atoms with van der Waals surface area (Å²) in [6.07, 6.45) is 3.23. The summed E-state index contributed by atoms with van der Waals surface area (Å²) in [5.41, 5.74) is 0. The van der Waals surface area contributed by atoms with Crippen LogP contribution in [0.3, 0.4) is 0 Å². The van der Waals surface area contributed by atoms with Crippen molar-refractivity contribution in [1.82, 2.24) is 5.32 Å². The minimum atomic E-state index is -0.0220. The maximum Gasteiger partial charge on any atom is 0.286 e. The lowest BCUT2D eigenvalue weighted by molar-refractivity contribution is -0.118. The van der Waals surface area contributed by atoms with Crippen LogP contribution in [0.15, 0.2) is 0 Å². The smallest absolute Gasteiger partial charge is 0.286 e. The second kappa shape index (κ2) is 13.4. The van der Waals surface area contributed by atoms with E-state index in [9.17, 15) is 4.79 Å². The van der Waals surface area contributed by atoms with E-state index < -0.39 is 0 Å². The van der Waals surface area contributed by atoms with Gasteiger partial charge in [0.1, 0.15) is 6.61 Å². The Morgan fingerprint density at radius 2 is 2.08 bits per heavy atom. The fraction of sp³-hybridized carbons (Fsp3) is 0.778. The lowest BCUT2D eigenvalue weighted by atomic mass is 10.3. The van der Waals surface area contributed by atoms with E-state index in [4.69, 9.17) is 5.26 Å². The van der Waals surface area contributed by atoms with Gasteiger partial charge >= 0.3 is 0 Å². The Morgan fingerprint density at radius 1 is 1.46 bits per heavy atom. The van der Waals surface area contributed by atoms with E-state index in [0.29, 0.717) is 13.2 Å². The van der Waals surface area contributed by atoms with E-state index in [1.54, 1.807) is 6.26 Å². The van der Waals surface area contributed by atoms with Crippen molar-refractivity contribution < 1.29 is 9.53 Å². The lowest BCUT2D eigenvalue weighted by Crippen LogP contribution is -2.20. The summed E-state index contributed by atoms with van der Waals surface area (Å²) in [5, 5.41) is 10.6. The van der Waals surface area contributed by atoms with Crippen LogP contribution in [-0.2, 0) is 9.53 Å². The van der Waals surface area contributed by atoms with Crippen LogP contribution in [0.5, 0.6) is 0 Å². The number of carbonyl (C=O) groups is 1. The molecule has 0 aromatic rings. The molecule has 1 N–H and O–H groups in total. The first-order valence-corrected chi connectivity index (χ1v) is 4.52. The molecule has 0 heterocycles. The molecule has 0 saturated carbocycles. The summed E-state index contributed by atoms with van der Waals surface area (Å²) in [6.45, 7) is 6.58. The number of carbonyl (C=O) groups excluding carboxylic acids is 1. The SMILES string of the molecule is CC.CC(=O)NCCCCOC#N. The van der Waals surface area contributed by atoms with Gasteiger partial charge in [-0.3, -0.25) is 4.79 Å². The largest absolute Gasteiger partial charge is 0.428 e. The molecule has 0 spiro atoms. The van der Waals surface area contributed by atoms with Gasteiger partial charge in [-0.2, -0.15) is 5.26 Å². The summed E-state index contributed by atoms with van der Waals surface area (Å²) in [7, 11) is 0. The van der Waals surface area contributed by atoms with Crippen LogP contribution in [0, 0.1) is 11.5 Å². The predicted octanol–water partition coefficient (Wildman–Crippen LogP) is 1.43. The molecule has 0 atom stereocenters. The third-order valence-corrected chi connectivity index (χ3v) is 1.11. The predicted molar refractivity (Wildman–Crippen MR) is 50.8 cm³/mol. The van der Waals surface area contributed by atoms with Gasteiger partial charge in [0, 0.05) is 13.5 Å². The number of nitriles is 1. The zero-order valence-corrected chi connectivity index (χ0v) is 8.59. The summed E-state index contributed by atoms with van der Waals surface area (Å²) in [6, 6.07) is 0. The quantitative estimate of drug-likeness (QED) is 0.522. The highest BCUT2D eigenvalue weighted by Crippen LogP contribution is 1.86. The molecule has 0 unspecified atom stereocenters. The third-order valence-electron chi connectivity index (χ3n) is 1.11. The highest BCUT2D eigenvalue weighted by Gasteiger charge is 1.90. The number of nitrogens with zero attached hydrogens (tertiary/aromatic N) is 1. The summed E-state index contributed by atoms with van der Waals surface area (Å²) in [4.78, 5) is 10.3. The van der Waals surface area contributed by atoms with Crippen LogP contribution in [0.1, 0.15) is 33.6 Å². The van der Waals surface area contributed by atoms with Crippen LogP contribution in [0.2, 0.25) is 0 Å². The maximum absolute atomic E-state index is 10.3. The molecular formula is C9H18N2O2. The molecule has 0 aliphatic carbocycles. The fourth-order valence-electron chi connectivity index (χ4n) is 0.609. The molecule has 0 fully saturated rings. The lowest BCUT2D eigenvalue weighted by Gasteiger charge is -1.99. The molecule has 4 nitrogen and oxygen atoms in total. The van der Waals surface area contributed by atoms with Crippen LogP contribution in [0.4, 0.5) is 0 Å². The highest BCUT2D eigenvalue weighted by molar-refractivity contribution is 5.72. The second-order valence-corrected chi connectivity index (χ2v) is 2.13. The first kappa shape index (κ1) is 14.3. The van der Waals surface area contributed by atoms with Crippen molar-refractivity contribution in [3.05, 3.63) is 0 Å². The molecule has 4 heteroatoms. The van der Waals surface area contributed by atoms with Crippen molar-refractivity contribution in [2.24, 2.45) is 0 Å². The van der Waals surface area contributed by atoms with Crippen LogP contribution in [0.25, 0.3) is 0 Å². The third kappa shape index (κ3) is 18.1. The Morgan fingerprint density at radius 3 is 2.54 bits per heavy atom. The normalized spacial score (nSPS) is 7.54. The van der Waals surface area contributed by atoms with Crippen molar-refractivity contribution in [3.8, 4) is 6.26 Å². The number of hydrogen-bond donors (Lipinski definition) is 1. The van der Waals surface area contributed by atoms with E-state index in [-0.39, 0.29) is 5.91 Å². The molecule has 0 aromatic carbocycles. The monoisotopic (exact) mass is 186 g/mol. The molecule has 0 aliphatic rings. The number of nitrogens with one attached hydrogen (secondary N) is 1. The van der Waals surface area contributed by atoms with Crippen molar-refractivity contribution in [1.29, 1.82) is 5.26 Å². The Bertz CT molecular complexity index is 152. The summed E-state index contributed by atoms with van der Waals surface area (Å²) >= 11 is 0. The minimum Gasteiger partial charge on any atom is -0.428 e. The molecule has 1 amide bonds. The molecule has 13 heavy (non-hydrogen) atoms. The number of unbranched alkanes of at least 4 members (excludes halogenated alkanes) is 1. The number of amides is 1.